The van der Waals surface area contributed by atoms with E-state index in [1.807, 2.05) is 48.5 Å². The van der Waals surface area contributed by atoms with Crippen LogP contribution in [0.3, 0.4) is 0 Å². The lowest BCUT2D eigenvalue weighted by Gasteiger charge is -2.34. The summed E-state index contributed by atoms with van der Waals surface area (Å²) in [5.41, 5.74) is 10.9. The number of hydrogen-bond acceptors (Lipinski definition) is 4. The summed E-state index contributed by atoms with van der Waals surface area (Å²) in [4.78, 5) is 22.9. The molecule has 0 unspecified atom stereocenters. The van der Waals surface area contributed by atoms with Crippen LogP contribution in [0.2, 0.25) is 0 Å². The molecule has 274 valence electrons. The van der Waals surface area contributed by atoms with Gasteiger partial charge in [-0.3, -0.25) is 0 Å². The van der Waals surface area contributed by atoms with Crippen molar-refractivity contribution in [1.82, 2.24) is 0 Å². The van der Waals surface area contributed by atoms with Gasteiger partial charge in [-0.15, -0.1) is 0 Å². The minimum atomic E-state index is -1.00. The van der Waals surface area contributed by atoms with Crippen molar-refractivity contribution in [1.29, 1.82) is 0 Å². The molecule has 0 fully saturated rings. The summed E-state index contributed by atoms with van der Waals surface area (Å²) in [6, 6.07) is 63.4. The first-order chi connectivity index (χ1) is 27.9. The molecule has 8 aromatic carbocycles. The van der Waals surface area contributed by atoms with Crippen LogP contribution in [0.5, 0.6) is 23.0 Å². The molecule has 6 nitrogen and oxygen atoms in total. The van der Waals surface area contributed by atoms with E-state index in [-0.39, 0.29) is 11.1 Å². The highest BCUT2D eigenvalue weighted by molar-refractivity contribution is 5.89. The first kappa shape index (κ1) is 35.0. The highest BCUT2D eigenvalue weighted by atomic mass is 16.5. The molecule has 0 heterocycles. The minimum absolute atomic E-state index is 0.167. The number of rotatable bonds is 10. The quantitative estimate of drug-likeness (QED) is 0.145. The number of carboxylic acid groups (broad SMARTS) is 2. The summed E-state index contributed by atoms with van der Waals surface area (Å²) in [6.45, 7) is 0. The first-order valence-electron chi connectivity index (χ1n) is 18.5. The van der Waals surface area contributed by atoms with E-state index < -0.39 is 17.4 Å². The van der Waals surface area contributed by atoms with Gasteiger partial charge in [0.25, 0.3) is 0 Å². The molecule has 57 heavy (non-hydrogen) atoms. The summed E-state index contributed by atoms with van der Waals surface area (Å²) in [6.07, 6.45) is 0. The van der Waals surface area contributed by atoms with Crippen molar-refractivity contribution >= 4 is 11.9 Å². The molecule has 0 aromatic heterocycles. The highest BCUT2D eigenvalue weighted by Gasteiger charge is 2.46. The van der Waals surface area contributed by atoms with Crippen LogP contribution in [0.4, 0.5) is 0 Å². The fourth-order valence-corrected chi connectivity index (χ4v) is 7.98. The lowest BCUT2D eigenvalue weighted by molar-refractivity contribution is 0.0686. The second-order valence-corrected chi connectivity index (χ2v) is 13.9. The summed E-state index contributed by atoms with van der Waals surface area (Å²) in [5, 5.41) is 18.8. The summed E-state index contributed by atoms with van der Waals surface area (Å²) >= 11 is 0. The standard InChI is InChI=1S/C51H34O6/c52-49(53)37-11-7-15-43(31-37)56-41-25-21-33(22-26-41)35-9-5-13-39(29-35)51(47-19-3-1-17-45(47)46-18-2-4-20-48(46)51)40-14-6-10-36(30-40)34-23-27-42(28-24-34)57-44-16-8-12-38(32-44)50(54)55/h1-32H,(H,52,53)(H,54,55). The van der Waals surface area contributed by atoms with Crippen molar-refractivity contribution in [3.05, 3.63) is 228 Å². The van der Waals surface area contributed by atoms with Crippen molar-refractivity contribution in [3.8, 4) is 56.4 Å². The van der Waals surface area contributed by atoms with Crippen LogP contribution in [-0.2, 0) is 5.41 Å². The van der Waals surface area contributed by atoms with Crippen LogP contribution in [-0.4, -0.2) is 22.2 Å². The third-order valence-electron chi connectivity index (χ3n) is 10.6. The first-order valence-corrected chi connectivity index (χ1v) is 18.5. The predicted molar refractivity (Wildman–Crippen MR) is 222 cm³/mol. The molecule has 2 N–H and O–H groups in total. The maximum Gasteiger partial charge on any atom is 0.335 e. The zero-order chi connectivity index (χ0) is 38.9. The number of fused-ring (bicyclic) bond motifs is 3. The van der Waals surface area contributed by atoms with E-state index in [0.29, 0.717) is 23.0 Å². The lowest BCUT2D eigenvalue weighted by atomic mass is 9.67. The fraction of sp³-hybridized carbons (Fsp3) is 0.0196. The molecule has 0 saturated carbocycles. The van der Waals surface area contributed by atoms with E-state index in [9.17, 15) is 19.8 Å². The zero-order valence-corrected chi connectivity index (χ0v) is 30.5. The van der Waals surface area contributed by atoms with E-state index in [2.05, 4.69) is 97.1 Å². The van der Waals surface area contributed by atoms with E-state index in [4.69, 9.17) is 9.47 Å². The topological polar surface area (TPSA) is 93.1 Å². The Hall–Kier alpha value is -7.70. The molecule has 8 aromatic rings. The van der Waals surface area contributed by atoms with Gasteiger partial charge in [0.05, 0.1) is 16.5 Å². The van der Waals surface area contributed by atoms with Crippen molar-refractivity contribution < 1.29 is 29.3 Å². The average molecular weight is 743 g/mol. The van der Waals surface area contributed by atoms with E-state index in [0.717, 1.165) is 33.4 Å². The average Bonchev–Trinajstić information content (AvgIpc) is 3.56. The normalized spacial score (nSPS) is 12.3. The second-order valence-electron chi connectivity index (χ2n) is 13.9. The highest BCUT2D eigenvalue weighted by Crippen LogP contribution is 2.56. The molecule has 0 spiro atoms. The van der Waals surface area contributed by atoms with Gasteiger partial charge in [0.2, 0.25) is 0 Å². The van der Waals surface area contributed by atoms with Crippen molar-refractivity contribution in [3.63, 3.8) is 0 Å². The Morgan fingerprint density at radius 2 is 0.772 bits per heavy atom. The molecule has 1 aliphatic carbocycles. The number of carboxylic acids is 2. The van der Waals surface area contributed by atoms with Gasteiger partial charge in [-0.1, -0.05) is 121 Å². The second kappa shape index (κ2) is 14.5. The van der Waals surface area contributed by atoms with Crippen LogP contribution < -0.4 is 9.47 Å². The van der Waals surface area contributed by atoms with Gasteiger partial charge in [-0.2, -0.15) is 0 Å². The third-order valence-corrected chi connectivity index (χ3v) is 10.6. The Bertz CT molecular complexity index is 2610. The molecule has 0 amide bonds. The van der Waals surface area contributed by atoms with Gasteiger partial charge in [-0.25, -0.2) is 9.59 Å². The maximum absolute atomic E-state index is 11.5. The van der Waals surface area contributed by atoms with Crippen molar-refractivity contribution in [2.75, 3.05) is 0 Å². The lowest BCUT2D eigenvalue weighted by Crippen LogP contribution is -2.28. The molecule has 9 rings (SSSR count). The molecule has 1 aliphatic rings. The molecule has 0 atom stereocenters. The van der Waals surface area contributed by atoms with Gasteiger partial charge in [0.15, 0.2) is 0 Å². The molecule has 0 saturated heterocycles. The Balaban J connectivity index is 1.10. The Morgan fingerprint density at radius 3 is 1.19 bits per heavy atom. The van der Waals surface area contributed by atoms with Crippen LogP contribution >= 0.6 is 0 Å². The fourth-order valence-electron chi connectivity index (χ4n) is 7.98. The van der Waals surface area contributed by atoms with E-state index in [1.54, 1.807) is 24.3 Å². The molecular weight excluding hydrogens is 709 g/mol. The number of ether oxygens (including phenoxy) is 2. The van der Waals surface area contributed by atoms with E-state index in [1.165, 1.54) is 46.5 Å². The summed E-state index contributed by atoms with van der Waals surface area (Å²) in [5.74, 6) is 0.125. The third kappa shape index (κ3) is 6.49. The van der Waals surface area contributed by atoms with E-state index >= 15 is 0 Å². The van der Waals surface area contributed by atoms with Crippen LogP contribution in [0.25, 0.3) is 33.4 Å². The largest absolute Gasteiger partial charge is 0.478 e. The molecule has 0 radical (unpaired) electrons. The van der Waals surface area contributed by atoms with Gasteiger partial charge in [0.1, 0.15) is 23.0 Å². The smallest absolute Gasteiger partial charge is 0.335 e. The molecule has 6 heteroatoms. The molecule has 0 aliphatic heterocycles. The molecular formula is C51H34O6. The number of benzene rings is 8. The van der Waals surface area contributed by atoms with Gasteiger partial charge < -0.3 is 19.7 Å². The maximum atomic E-state index is 11.5. The van der Waals surface area contributed by atoms with Crippen molar-refractivity contribution in [2.24, 2.45) is 0 Å². The van der Waals surface area contributed by atoms with Gasteiger partial charge in [0, 0.05) is 0 Å². The predicted octanol–water partition coefficient (Wildman–Crippen LogP) is 12.4. The molecule has 0 bridgehead atoms. The van der Waals surface area contributed by atoms with Crippen LogP contribution in [0.15, 0.2) is 194 Å². The monoisotopic (exact) mass is 742 g/mol. The van der Waals surface area contributed by atoms with Crippen LogP contribution in [0.1, 0.15) is 43.0 Å². The Kier molecular flexibility index (Phi) is 8.92. The summed E-state index contributed by atoms with van der Waals surface area (Å²) in [7, 11) is 0. The van der Waals surface area contributed by atoms with Crippen LogP contribution in [0, 0.1) is 0 Å². The number of carbonyl (C=O) groups is 2. The Morgan fingerprint density at radius 1 is 0.368 bits per heavy atom. The minimum Gasteiger partial charge on any atom is -0.478 e. The number of aromatic carboxylic acids is 2. The van der Waals surface area contributed by atoms with Gasteiger partial charge in [-0.05, 0) is 128 Å². The zero-order valence-electron chi connectivity index (χ0n) is 30.5. The van der Waals surface area contributed by atoms with Crippen molar-refractivity contribution in [2.45, 2.75) is 5.41 Å². The SMILES string of the molecule is O=C(O)c1cccc(Oc2ccc(-c3cccc(C4(c5cccc(-c6ccc(Oc7cccc(C(=O)O)c7)cc6)c5)c5ccccc5-c5ccccc54)c3)cc2)c1. The summed E-state index contributed by atoms with van der Waals surface area (Å²) < 4.78 is 12.0. The Labute approximate surface area is 329 Å². The number of hydrogen-bond donors (Lipinski definition) is 2. The van der Waals surface area contributed by atoms with Gasteiger partial charge >= 0.3 is 11.9 Å².